The van der Waals surface area contributed by atoms with E-state index in [9.17, 15) is 9.59 Å². The summed E-state index contributed by atoms with van der Waals surface area (Å²) in [6.07, 6.45) is 0. The van der Waals surface area contributed by atoms with Crippen molar-refractivity contribution >= 4 is 127 Å². The molecule has 6 rings (SSSR count). The molecule has 4 aromatic carbocycles. The van der Waals surface area contributed by atoms with Gasteiger partial charge in [0.25, 0.3) is 0 Å². The van der Waals surface area contributed by atoms with Crippen LogP contribution >= 0.6 is 69.6 Å². The lowest BCUT2D eigenvalue weighted by Crippen LogP contribution is -2.54. The Morgan fingerprint density at radius 1 is 0.442 bits per heavy atom. The number of carbonyl (C=O) groups is 2. The van der Waals surface area contributed by atoms with Gasteiger partial charge in [0.2, 0.25) is 0 Å². The van der Waals surface area contributed by atoms with Crippen LogP contribution in [0.25, 0.3) is 0 Å². The van der Waals surface area contributed by atoms with Crippen molar-refractivity contribution in [2.75, 3.05) is 31.3 Å². The van der Waals surface area contributed by atoms with Crippen molar-refractivity contribution in [2.24, 2.45) is 0 Å². The molecule has 262 valence electrons. The Hall–Kier alpha value is -5.08. The number of hydrazine groups is 1. The second-order valence-electron chi connectivity index (χ2n) is 10.6. The predicted molar refractivity (Wildman–Crippen MR) is 209 cm³/mol. The summed E-state index contributed by atoms with van der Waals surface area (Å²) < 4.78 is 0. The molecule has 4 N–H and O–H groups in total. The first-order valence-electron chi connectivity index (χ1n) is 14.9. The Balaban J connectivity index is 1.33. The molecule has 0 atom stereocenters. The van der Waals surface area contributed by atoms with Crippen LogP contribution in [0.5, 0.6) is 0 Å². The summed E-state index contributed by atoms with van der Waals surface area (Å²) in [4.78, 5) is 28.7. The number of aromatic nitrogens is 4. The van der Waals surface area contributed by atoms with E-state index in [-0.39, 0.29) is 41.8 Å². The molecule has 6 aromatic rings. The number of hydrogen-bond acceptors (Lipinski definition) is 8. The lowest BCUT2D eigenvalue weighted by molar-refractivity contribution is 0.248. The first-order valence-corrected chi connectivity index (χ1v) is 17.1. The zero-order valence-electron chi connectivity index (χ0n) is 26.2. The number of halogens is 6. The smallest absolute Gasteiger partial charge is 0.339 e. The van der Waals surface area contributed by atoms with Gasteiger partial charge in [0, 0.05) is 22.7 Å². The third-order valence-corrected chi connectivity index (χ3v) is 8.82. The number of urea groups is 2. The molecule has 0 unspecified atom stereocenters. The summed E-state index contributed by atoms with van der Waals surface area (Å²) in [6.45, 7) is 0. The first-order chi connectivity index (χ1) is 25.0. The van der Waals surface area contributed by atoms with Crippen molar-refractivity contribution in [2.45, 2.75) is 0 Å². The van der Waals surface area contributed by atoms with E-state index in [2.05, 4.69) is 41.7 Å². The highest BCUT2D eigenvalue weighted by Gasteiger charge is 2.31. The summed E-state index contributed by atoms with van der Waals surface area (Å²) in [7, 11) is 0. The van der Waals surface area contributed by atoms with Crippen LogP contribution < -0.4 is 31.3 Å². The summed E-state index contributed by atoms with van der Waals surface area (Å²) in [5.41, 5.74) is 2.36. The Bertz CT molecular complexity index is 2230. The highest BCUT2D eigenvalue weighted by molar-refractivity contribution is 6.43. The highest BCUT2D eigenvalue weighted by Crippen LogP contribution is 2.34. The lowest BCUT2D eigenvalue weighted by atomic mass is 10.2. The number of anilines is 8. The quantitative estimate of drug-likeness (QED) is 0.111. The normalized spacial score (nSPS) is 10.7. The van der Waals surface area contributed by atoms with Crippen LogP contribution in [-0.4, -0.2) is 32.5 Å². The van der Waals surface area contributed by atoms with Crippen LogP contribution in [0.15, 0.2) is 109 Å². The van der Waals surface area contributed by atoms with Crippen LogP contribution in [0.4, 0.5) is 55.3 Å². The van der Waals surface area contributed by atoms with Crippen molar-refractivity contribution in [3.05, 3.63) is 140 Å². The Kier molecular flexibility index (Phi) is 11.7. The molecule has 52 heavy (non-hydrogen) atoms. The van der Waals surface area contributed by atoms with Gasteiger partial charge < -0.3 is 21.3 Å². The fourth-order valence-electron chi connectivity index (χ4n) is 4.61. The minimum atomic E-state index is -0.758. The SMILES string of the molecule is O=C(Nc1ccc(Nc2ccc(Cl)nn2)cc1)N(c1ccc(Cl)c(Cl)c1)N(C(=O)Nc1cccc(Nc2ccc(Cl)nn2)c1)c1ccc(Cl)c(Cl)c1. The fourth-order valence-corrected chi connectivity index (χ4v) is 5.39. The summed E-state index contributed by atoms with van der Waals surface area (Å²) in [5.74, 6) is 0.894. The maximum atomic E-state index is 14.4. The third-order valence-electron chi connectivity index (χ3n) is 6.94. The number of rotatable bonds is 8. The van der Waals surface area contributed by atoms with Gasteiger partial charge in [-0.2, -0.15) is 10.0 Å². The monoisotopic (exact) mass is 812 g/mol. The van der Waals surface area contributed by atoms with Gasteiger partial charge in [-0.15, -0.1) is 20.4 Å². The van der Waals surface area contributed by atoms with Crippen LogP contribution in [-0.2, 0) is 0 Å². The van der Waals surface area contributed by atoms with Gasteiger partial charge in [-0.3, -0.25) is 0 Å². The molecule has 0 aliphatic heterocycles. The number of benzene rings is 4. The van der Waals surface area contributed by atoms with Crippen molar-refractivity contribution in [3.63, 3.8) is 0 Å². The van der Waals surface area contributed by atoms with E-state index in [0.29, 0.717) is 34.4 Å². The molecule has 0 aliphatic rings. The summed E-state index contributed by atoms with van der Waals surface area (Å²) >= 11 is 37.0. The minimum absolute atomic E-state index is 0.134. The minimum Gasteiger partial charge on any atom is -0.339 e. The summed E-state index contributed by atoms with van der Waals surface area (Å²) in [5, 5.41) is 30.9. The van der Waals surface area contributed by atoms with E-state index in [4.69, 9.17) is 69.6 Å². The molecule has 2 aromatic heterocycles. The van der Waals surface area contributed by atoms with Crippen molar-refractivity contribution in [3.8, 4) is 0 Å². The average molecular weight is 815 g/mol. The second kappa shape index (κ2) is 16.5. The number of amides is 4. The van der Waals surface area contributed by atoms with Crippen molar-refractivity contribution in [1.82, 2.24) is 20.4 Å². The molecule has 0 saturated heterocycles. The van der Waals surface area contributed by atoms with Gasteiger partial charge in [-0.25, -0.2) is 9.59 Å². The zero-order valence-corrected chi connectivity index (χ0v) is 30.7. The van der Waals surface area contributed by atoms with Crippen LogP contribution in [0.2, 0.25) is 30.4 Å². The van der Waals surface area contributed by atoms with Crippen LogP contribution in [0.3, 0.4) is 0 Å². The highest BCUT2D eigenvalue weighted by atomic mass is 35.5. The van der Waals surface area contributed by atoms with Gasteiger partial charge in [-0.05, 0) is 103 Å². The molecule has 0 saturated carbocycles. The molecule has 4 amide bonds. The maximum Gasteiger partial charge on any atom is 0.345 e. The van der Waals surface area contributed by atoms with Gasteiger partial charge in [0.1, 0.15) is 0 Å². The van der Waals surface area contributed by atoms with Crippen molar-refractivity contribution < 1.29 is 9.59 Å². The van der Waals surface area contributed by atoms with E-state index < -0.39 is 12.1 Å². The largest absolute Gasteiger partial charge is 0.345 e. The average Bonchev–Trinajstić information content (AvgIpc) is 3.12. The number of nitrogens with zero attached hydrogens (tertiary/aromatic N) is 6. The standard InChI is InChI=1S/C34H22Cl6N10O2/c35-25-10-8-23(17-27(25)37)49(33(51)43-20-6-4-19(5-7-20)41-31-14-12-29(39)45-47-31)50(24-9-11-26(36)28(38)18-24)34(52)44-22-3-1-2-21(16-22)42-32-15-13-30(40)46-48-32/h1-18H,(H,41,47)(H,42,48)(H,43,51)(H,44,52). The molecule has 0 radical (unpaired) electrons. The number of hydrogen-bond donors (Lipinski definition) is 4. The van der Waals surface area contributed by atoms with Gasteiger partial charge in [-0.1, -0.05) is 75.7 Å². The molecule has 0 spiro atoms. The number of carbonyl (C=O) groups excluding carboxylic acids is 2. The predicted octanol–water partition coefficient (Wildman–Crippen LogP) is 11.4. The zero-order chi connectivity index (χ0) is 36.8. The fraction of sp³-hybridized carbons (Fsp3) is 0. The third kappa shape index (κ3) is 9.22. The molecule has 2 heterocycles. The van der Waals surface area contributed by atoms with E-state index in [1.165, 1.54) is 36.4 Å². The van der Waals surface area contributed by atoms with Gasteiger partial charge >= 0.3 is 12.1 Å². The molecule has 0 aliphatic carbocycles. The molecule has 0 bridgehead atoms. The molecule has 0 fully saturated rings. The van der Waals surface area contributed by atoms with Crippen molar-refractivity contribution in [1.29, 1.82) is 0 Å². The van der Waals surface area contributed by atoms with E-state index in [1.54, 1.807) is 72.8 Å². The van der Waals surface area contributed by atoms with Crippen LogP contribution in [0.1, 0.15) is 0 Å². The topological polar surface area (TPSA) is 140 Å². The lowest BCUT2D eigenvalue weighted by Gasteiger charge is -2.35. The van der Waals surface area contributed by atoms with E-state index >= 15 is 0 Å². The Morgan fingerprint density at radius 2 is 0.904 bits per heavy atom. The van der Waals surface area contributed by atoms with Crippen LogP contribution in [0, 0.1) is 0 Å². The summed E-state index contributed by atoms with van der Waals surface area (Å²) in [6, 6.07) is 27.5. The molecular weight excluding hydrogens is 793 g/mol. The van der Waals surface area contributed by atoms with E-state index in [1.807, 2.05) is 0 Å². The molecular formula is C34H22Cl6N10O2. The van der Waals surface area contributed by atoms with Gasteiger partial charge in [0.15, 0.2) is 21.9 Å². The maximum absolute atomic E-state index is 14.4. The van der Waals surface area contributed by atoms with Gasteiger partial charge in [0.05, 0.1) is 31.5 Å². The second-order valence-corrected chi connectivity index (χ2v) is 13.0. The van der Waals surface area contributed by atoms with E-state index in [0.717, 1.165) is 10.0 Å². The Morgan fingerprint density at radius 3 is 1.38 bits per heavy atom. The molecule has 18 heteroatoms. The Labute approximate surface area is 326 Å². The first kappa shape index (κ1) is 36.7. The number of nitrogens with one attached hydrogen (secondary N) is 4. The molecule has 12 nitrogen and oxygen atoms in total.